The summed E-state index contributed by atoms with van der Waals surface area (Å²) < 4.78 is 13.2. The first-order valence-corrected chi connectivity index (χ1v) is 5.50. The second kappa shape index (κ2) is 3.60. The van der Waals surface area contributed by atoms with Crippen LogP contribution in [0.1, 0.15) is 37.3 Å². The molecule has 0 heterocycles. The number of benzene rings is 1. The van der Waals surface area contributed by atoms with Gasteiger partial charge in [0.25, 0.3) is 0 Å². The lowest BCUT2D eigenvalue weighted by Gasteiger charge is -2.36. The van der Waals surface area contributed by atoms with Gasteiger partial charge >= 0.3 is 0 Å². The van der Waals surface area contributed by atoms with E-state index < -0.39 is 0 Å². The Morgan fingerprint density at radius 3 is 2.87 bits per heavy atom. The number of fused-ring (bicyclic) bond motifs is 1. The van der Waals surface area contributed by atoms with Gasteiger partial charge in [0.05, 0.1) is 0 Å². The van der Waals surface area contributed by atoms with Crippen molar-refractivity contribution in [3.05, 3.63) is 35.1 Å². The molecule has 0 radical (unpaired) electrons. The third kappa shape index (κ3) is 2.05. The smallest absolute Gasteiger partial charge is 0.123 e. The van der Waals surface area contributed by atoms with E-state index in [1.54, 1.807) is 12.1 Å². The zero-order valence-electron chi connectivity index (χ0n) is 9.39. The lowest BCUT2D eigenvalue weighted by atomic mass is 9.69. The fourth-order valence-electron chi connectivity index (χ4n) is 2.68. The number of rotatable bonds is 1. The van der Waals surface area contributed by atoms with E-state index in [4.69, 9.17) is 5.73 Å². The molecule has 82 valence electrons. The van der Waals surface area contributed by atoms with Crippen LogP contribution in [0.15, 0.2) is 18.2 Å². The van der Waals surface area contributed by atoms with Crippen molar-refractivity contribution < 1.29 is 4.39 Å². The first-order chi connectivity index (χ1) is 7.02. The SMILES string of the molecule is CC1(C)Cc2ccc(F)cc2C(CN)C1. The van der Waals surface area contributed by atoms with Crippen molar-refractivity contribution >= 4 is 0 Å². The summed E-state index contributed by atoms with van der Waals surface area (Å²) in [4.78, 5) is 0. The van der Waals surface area contributed by atoms with Crippen LogP contribution in [0.5, 0.6) is 0 Å². The van der Waals surface area contributed by atoms with Gasteiger partial charge in [-0.2, -0.15) is 0 Å². The molecule has 0 aliphatic heterocycles. The highest BCUT2D eigenvalue weighted by Crippen LogP contribution is 2.41. The number of halogens is 1. The molecule has 1 aromatic rings. The van der Waals surface area contributed by atoms with Crippen LogP contribution in [0.4, 0.5) is 4.39 Å². The quantitative estimate of drug-likeness (QED) is 0.753. The summed E-state index contributed by atoms with van der Waals surface area (Å²) in [5.41, 5.74) is 8.44. The molecule has 0 spiro atoms. The lowest BCUT2D eigenvalue weighted by molar-refractivity contribution is 0.282. The van der Waals surface area contributed by atoms with Gasteiger partial charge in [-0.1, -0.05) is 19.9 Å². The molecule has 0 saturated carbocycles. The van der Waals surface area contributed by atoms with Gasteiger partial charge in [0.2, 0.25) is 0 Å². The number of hydrogen-bond acceptors (Lipinski definition) is 1. The Labute approximate surface area is 90.5 Å². The third-order valence-electron chi connectivity index (χ3n) is 3.30. The van der Waals surface area contributed by atoms with E-state index in [1.165, 1.54) is 5.56 Å². The summed E-state index contributed by atoms with van der Waals surface area (Å²) >= 11 is 0. The monoisotopic (exact) mass is 207 g/mol. The highest BCUT2D eigenvalue weighted by molar-refractivity contribution is 5.35. The second-order valence-corrected chi connectivity index (χ2v) is 5.32. The van der Waals surface area contributed by atoms with Crippen LogP contribution in [0, 0.1) is 11.2 Å². The summed E-state index contributed by atoms with van der Waals surface area (Å²) in [5, 5.41) is 0. The zero-order chi connectivity index (χ0) is 11.1. The van der Waals surface area contributed by atoms with E-state index in [0.29, 0.717) is 12.5 Å². The van der Waals surface area contributed by atoms with E-state index in [1.807, 2.05) is 6.07 Å². The van der Waals surface area contributed by atoms with Crippen LogP contribution < -0.4 is 5.73 Å². The zero-order valence-corrected chi connectivity index (χ0v) is 9.39. The maximum absolute atomic E-state index is 13.2. The van der Waals surface area contributed by atoms with Crippen LogP contribution in [0.3, 0.4) is 0 Å². The van der Waals surface area contributed by atoms with Crippen LogP contribution in [-0.4, -0.2) is 6.54 Å². The number of hydrogen-bond donors (Lipinski definition) is 1. The molecule has 0 fully saturated rings. The second-order valence-electron chi connectivity index (χ2n) is 5.32. The molecule has 15 heavy (non-hydrogen) atoms. The molecule has 0 aromatic heterocycles. The van der Waals surface area contributed by atoms with Gasteiger partial charge in [-0.3, -0.25) is 0 Å². The first kappa shape index (κ1) is 10.6. The Kier molecular flexibility index (Phi) is 2.55. The minimum absolute atomic E-state index is 0.146. The maximum Gasteiger partial charge on any atom is 0.123 e. The molecule has 0 saturated heterocycles. The fraction of sp³-hybridized carbons (Fsp3) is 0.538. The molecule has 2 N–H and O–H groups in total. The third-order valence-corrected chi connectivity index (χ3v) is 3.30. The topological polar surface area (TPSA) is 26.0 Å². The van der Waals surface area contributed by atoms with E-state index in [-0.39, 0.29) is 11.2 Å². The van der Waals surface area contributed by atoms with Crippen molar-refractivity contribution in [2.24, 2.45) is 11.1 Å². The highest BCUT2D eigenvalue weighted by atomic mass is 19.1. The maximum atomic E-state index is 13.2. The van der Waals surface area contributed by atoms with Gasteiger partial charge in [0, 0.05) is 0 Å². The average Bonchev–Trinajstić information content (AvgIpc) is 2.16. The van der Waals surface area contributed by atoms with E-state index in [9.17, 15) is 4.39 Å². The predicted molar refractivity (Wildman–Crippen MR) is 60.3 cm³/mol. The molecule has 0 amide bonds. The van der Waals surface area contributed by atoms with E-state index in [2.05, 4.69) is 13.8 Å². The molecule has 1 aromatic carbocycles. The minimum Gasteiger partial charge on any atom is -0.330 e. The first-order valence-electron chi connectivity index (χ1n) is 5.50. The molecular formula is C13H18FN. The largest absolute Gasteiger partial charge is 0.330 e. The standard InChI is InChI=1S/C13H18FN/c1-13(2)6-9-3-4-11(14)5-12(9)10(7-13)8-15/h3-5,10H,6-8,15H2,1-2H3. The van der Waals surface area contributed by atoms with Gasteiger partial charge in [-0.15, -0.1) is 0 Å². The Morgan fingerprint density at radius 2 is 2.20 bits per heavy atom. The van der Waals surface area contributed by atoms with Crippen molar-refractivity contribution in [3.63, 3.8) is 0 Å². The fourth-order valence-corrected chi connectivity index (χ4v) is 2.68. The molecule has 1 aliphatic rings. The minimum atomic E-state index is -0.146. The molecule has 0 bridgehead atoms. The summed E-state index contributed by atoms with van der Waals surface area (Å²) in [6.07, 6.45) is 2.08. The predicted octanol–water partition coefficient (Wildman–Crippen LogP) is 2.84. The normalized spacial score (nSPS) is 23.6. The molecule has 1 unspecified atom stereocenters. The molecule has 1 aliphatic carbocycles. The molecule has 2 heteroatoms. The van der Waals surface area contributed by atoms with Crippen LogP contribution in [0.25, 0.3) is 0 Å². The van der Waals surface area contributed by atoms with Gasteiger partial charge in [-0.05, 0) is 54.0 Å². The Bertz CT molecular complexity index is 371. The van der Waals surface area contributed by atoms with E-state index >= 15 is 0 Å². The summed E-state index contributed by atoms with van der Waals surface area (Å²) in [7, 11) is 0. The van der Waals surface area contributed by atoms with Crippen molar-refractivity contribution in [3.8, 4) is 0 Å². The van der Waals surface area contributed by atoms with Crippen molar-refractivity contribution in [2.75, 3.05) is 6.54 Å². The summed E-state index contributed by atoms with van der Waals surface area (Å²) in [5.74, 6) is 0.173. The van der Waals surface area contributed by atoms with Crippen LogP contribution >= 0.6 is 0 Å². The summed E-state index contributed by atoms with van der Waals surface area (Å²) in [6, 6.07) is 5.12. The Hall–Kier alpha value is -0.890. The molecule has 1 atom stereocenters. The average molecular weight is 207 g/mol. The molecule has 2 rings (SSSR count). The van der Waals surface area contributed by atoms with Crippen molar-refractivity contribution in [2.45, 2.75) is 32.6 Å². The Balaban J connectivity index is 2.44. The van der Waals surface area contributed by atoms with Gasteiger partial charge in [0.1, 0.15) is 5.82 Å². The van der Waals surface area contributed by atoms with Crippen LogP contribution in [-0.2, 0) is 6.42 Å². The van der Waals surface area contributed by atoms with Gasteiger partial charge < -0.3 is 5.73 Å². The molecule has 1 nitrogen and oxygen atoms in total. The lowest BCUT2D eigenvalue weighted by Crippen LogP contribution is -2.29. The van der Waals surface area contributed by atoms with Crippen molar-refractivity contribution in [1.29, 1.82) is 0 Å². The number of nitrogens with two attached hydrogens (primary N) is 1. The summed E-state index contributed by atoms with van der Waals surface area (Å²) in [6.45, 7) is 5.11. The van der Waals surface area contributed by atoms with Crippen LogP contribution in [0.2, 0.25) is 0 Å². The van der Waals surface area contributed by atoms with Gasteiger partial charge in [-0.25, -0.2) is 4.39 Å². The van der Waals surface area contributed by atoms with Crippen molar-refractivity contribution in [1.82, 2.24) is 0 Å². The van der Waals surface area contributed by atoms with E-state index in [0.717, 1.165) is 18.4 Å². The Morgan fingerprint density at radius 1 is 1.47 bits per heavy atom. The highest BCUT2D eigenvalue weighted by Gasteiger charge is 2.31. The van der Waals surface area contributed by atoms with Gasteiger partial charge in [0.15, 0.2) is 0 Å². The molecular weight excluding hydrogens is 189 g/mol.